The van der Waals surface area contributed by atoms with Gasteiger partial charge in [-0.05, 0) is 12.1 Å². The molecule has 0 saturated carbocycles. The van der Waals surface area contributed by atoms with Gasteiger partial charge in [-0.15, -0.1) is 11.8 Å². The second-order valence-electron chi connectivity index (χ2n) is 2.51. The van der Waals surface area contributed by atoms with E-state index in [-0.39, 0.29) is 5.69 Å². The average Bonchev–Trinajstić information content (AvgIpc) is 2.17. The van der Waals surface area contributed by atoms with Crippen molar-refractivity contribution in [1.82, 2.24) is 4.98 Å². The van der Waals surface area contributed by atoms with Crippen molar-refractivity contribution in [2.24, 2.45) is 10.7 Å². The Morgan fingerprint density at radius 1 is 1.54 bits per heavy atom. The van der Waals surface area contributed by atoms with E-state index >= 15 is 0 Å². The van der Waals surface area contributed by atoms with Crippen molar-refractivity contribution < 1.29 is 4.79 Å². The first-order chi connectivity index (χ1) is 6.27. The summed E-state index contributed by atoms with van der Waals surface area (Å²) < 4.78 is 0. The van der Waals surface area contributed by atoms with Gasteiger partial charge in [0.15, 0.2) is 5.82 Å². The van der Waals surface area contributed by atoms with Gasteiger partial charge in [0, 0.05) is 12.0 Å². The van der Waals surface area contributed by atoms with E-state index in [2.05, 4.69) is 9.98 Å². The van der Waals surface area contributed by atoms with Gasteiger partial charge in [0.1, 0.15) is 5.69 Å². The lowest BCUT2D eigenvalue weighted by Crippen LogP contribution is -2.13. The molecule has 2 rings (SSSR count). The van der Waals surface area contributed by atoms with Crippen LogP contribution < -0.4 is 5.73 Å². The second-order valence-corrected chi connectivity index (χ2v) is 3.57. The molecule has 2 N–H and O–H groups in total. The molecule has 0 atom stereocenters. The minimum absolute atomic E-state index is 0.262. The molecule has 1 aromatic heterocycles. The summed E-state index contributed by atoms with van der Waals surface area (Å²) in [6.45, 7) is 0. The van der Waals surface area contributed by atoms with Crippen LogP contribution in [-0.2, 0) is 0 Å². The van der Waals surface area contributed by atoms with Crippen molar-refractivity contribution >= 4 is 29.7 Å². The van der Waals surface area contributed by atoms with E-state index in [1.165, 1.54) is 0 Å². The highest BCUT2D eigenvalue weighted by Gasteiger charge is 2.10. The average molecular weight is 193 g/mol. The molecule has 1 aliphatic heterocycles. The monoisotopic (exact) mass is 193 g/mol. The molecule has 0 fully saturated rings. The molecule has 2 heterocycles. The summed E-state index contributed by atoms with van der Waals surface area (Å²) in [6, 6.07) is 3.44. The van der Waals surface area contributed by atoms with Gasteiger partial charge >= 0.3 is 0 Å². The number of hydrogen-bond donors (Lipinski definition) is 1. The van der Waals surface area contributed by atoms with Crippen LogP contribution in [-0.4, -0.2) is 22.9 Å². The molecular weight excluding hydrogens is 186 g/mol. The summed E-state index contributed by atoms with van der Waals surface area (Å²) in [4.78, 5) is 19.9. The number of aromatic nitrogens is 1. The Morgan fingerprint density at radius 2 is 2.38 bits per heavy atom. The molecule has 4 nitrogen and oxygen atoms in total. The molecule has 0 aliphatic carbocycles. The third-order valence-electron chi connectivity index (χ3n) is 1.62. The molecule has 66 valence electrons. The summed E-state index contributed by atoms with van der Waals surface area (Å²) in [5.41, 5.74) is 5.35. The summed E-state index contributed by atoms with van der Waals surface area (Å²) in [7, 11) is 0. The van der Waals surface area contributed by atoms with Gasteiger partial charge in [0.05, 0.1) is 4.90 Å². The minimum Gasteiger partial charge on any atom is -0.364 e. The Morgan fingerprint density at radius 3 is 3.15 bits per heavy atom. The quantitative estimate of drug-likeness (QED) is 0.723. The summed E-state index contributed by atoms with van der Waals surface area (Å²) >= 11 is 1.65. The largest absolute Gasteiger partial charge is 0.364 e. The predicted molar refractivity (Wildman–Crippen MR) is 51.6 cm³/mol. The van der Waals surface area contributed by atoms with Crippen LogP contribution in [0.25, 0.3) is 0 Å². The maximum Gasteiger partial charge on any atom is 0.267 e. The van der Waals surface area contributed by atoms with E-state index in [4.69, 9.17) is 5.73 Å². The maximum absolute atomic E-state index is 10.8. The van der Waals surface area contributed by atoms with Gasteiger partial charge in [-0.1, -0.05) is 0 Å². The van der Waals surface area contributed by atoms with Crippen LogP contribution in [0.3, 0.4) is 0 Å². The fraction of sp³-hybridized carbons (Fsp3) is 0.125. The third-order valence-corrected chi connectivity index (χ3v) is 2.56. The smallest absolute Gasteiger partial charge is 0.267 e. The van der Waals surface area contributed by atoms with E-state index in [1.54, 1.807) is 24.0 Å². The van der Waals surface area contributed by atoms with Crippen LogP contribution in [0.1, 0.15) is 10.5 Å². The Bertz CT molecular complexity index is 389. The van der Waals surface area contributed by atoms with Crippen molar-refractivity contribution in [2.75, 3.05) is 5.75 Å². The number of nitrogens with two attached hydrogens (primary N) is 1. The topological polar surface area (TPSA) is 68.3 Å². The summed E-state index contributed by atoms with van der Waals surface area (Å²) in [5, 5.41) is 0. The third kappa shape index (κ3) is 1.55. The van der Waals surface area contributed by atoms with Gasteiger partial charge in [-0.2, -0.15) is 0 Å². The van der Waals surface area contributed by atoms with Gasteiger partial charge in [0.25, 0.3) is 5.91 Å². The van der Waals surface area contributed by atoms with Crippen molar-refractivity contribution in [3.8, 4) is 0 Å². The first kappa shape index (κ1) is 8.25. The molecule has 0 saturated heterocycles. The standard InChI is InChI=1S/C8H7N3OS/c9-7(12)5-1-2-6-8(11-5)10-3-4-13-6/h1-3H,4H2,(H2,9,12). The number of rotatable bonds is 1. The number of fused-ring (bicyclic) bond motifs is 1. The molecule has 0 bridgehead atoms. The Hall–Kier alpha value is -1.36. The highest BCUT2D eigenvalue weighted by Crippen LogP contribution is 2.30. The highest BCUT2D eigenvalue weighted by molar-refractivity contribution is 8.00. The van der Waals surface area contributed by atoms with Crippen molar-refractivity contribution in [3.05, 3.63) is 17.8 Å². The van der Waals surface area contributed by atoms with E-state index in [9.17, 15) is 4.79 Å². The molecule has 13 heavy (non-hydrogen) atoms. The fourth-order valence-electron chi connectivity index (χ4n) is 1.03. The Balaban J connectivity index is 2.48. The molecule has 0 radical (unpaired) electrons. The number of pyridine rings is 1. The number of carbonyl (C=O) groups is 1. The molecule has 0 spiro atoms. The summed E-state index contributed by atoms with van der Waals surface area (Å²) in [6.07, 6.45) is 1.77. The molecule has 5 heteroatoms. The van der Waals surface area contributed by atoms with Crippen LogP contribution in [0.5, 0.6) is 0 Å². The van der Waals surface area contributed by atoms with Gasteiger partial charge < -0.3 is 5.73 Å². The first-order valence-corrected chi connectivity index (χ1v) is 4.72. The number of amides is 1. The molecule has 1 aliphatic rings. The van der Waals surface area contributed by atoms with E-state index in [1.807, 2.05) is 6.07 Å². The van der Waals surface area contributed by atoms with Crippen LogP contribution in [0.2, 0.25) is 0 Å². The van der Waals surface area contributed by atoms with Crippen molar-refractivity contribution in [1.29, 1.82) is 0 Å². The zero-order valence-electron chi connectivity index (χ0n) is 6.73. The van der Waals surface area contributed by atoms with E-state index in [0.717, 1.165) is 10.6 Å². The van der Waals surface area contributed by atoms with Crippen molar-refractivity contribution in [3.63, 3.8) is 0 Å². The fourth-order valence-corrected chi connectivity index (χ4v) is 1.75. The number of carbonyl (C=O) groups excluding carboxylic acids is 1. The Labute approximate surface area is 79.3 Å². The van der Waals surface area contributed by atoms with Crippen molar-refractivity contribution in [2.45, 2.75) is 4.90 Å². The van der Waals surface area contributed by atoms with Gasteiger partial charge in [-0.3, -0.25) is 4.79 Å². The van der Waals surface area contributed by atoms with Crippen LogP contribution in [0.4, 0.5) is 5.82 Å². The number of thioether (sulfide) groups is 1. The first-order valence-electron chi connectivity index (χ1n) is 3.73. The molecule has 0 unspecified atom stereocenters. The lowest BCUT2D eigenvalue weighted by Gasteiger charge is -2.07. The molecule has 1 aromatic rings. The molecule has 1 amide bonds. The molecular formula is C8H7N3OS. The number of hydrogen-bond acceptors (Lipinski definition) is 4. The number of primary amides is 1. The summed E-state index contributed by atoms with van der Waals surface area (Å²) in [5.74, 6) is 0.922. The second kappa shape index (κ2) is 3.18. The lowest BCUT2D eigenvalue weighted by molar-refractivity contribution is 0.0995. The normalized spacial score (nSPS) is 13.8. The van der Waals surface area contributed by atoms with Gasteiger partial charge in [-0.25, -0.2) is 9.98 Å². The lowest BCUT2D eigenvalue weighted by atomic mass is 10.3. The Kier molecular flexibility index (Phi) is 2.02. The van der Waals surface area contributed by atoms with Crippen LogP contribution in [0.15, 0.2) is 22.0 Å². The highest BCUT2D eigenvalue weighted by atomic mass is 32.2. The number of nitrogens with zero attached hydrogens (tertiary/aromatic N) is 2. The predicted octanol–water partition coefficient (Wildman–Crippen LogP) is 0.989. The molecule has 0 aromatic carbocycles. The van der Waals surface area contributed by atoms with Crippen LogP contribution in [0, 0.1) is 0 Å². The zero-order chi connectivity index (χ0) is 9.26. The zero-order valence-corrected chi connectivity index (χ0v) is 7.54. The maximum atomic E-state index is 10.8. The van der Waals surface area contributed by atoms with Crippen LogP contribution >= 0.6 is 11.8 Å². The minimum atomic E-state index is -0.520. The van der Waals surface area contributed by atoms with E-state index < -0.39 is 5.91 Å². The number of aliphatic imine (C=N–C) groups is 1. The van der Waals surface area contributed by atoms with E-state index in [0.29, 0.717) is 5.82 Å². The SMILES string of the molecule is NC(=O)c1ccc2c(n1)N=CCS2. The van der Waals surface area contributed by atoms with Gasteiger partial charge in [0.2, 0.25) is 0 Å².